The summed E-state index contributed by atoms with van der Waals surface area (Å²) in [4.78, 5) is 12.4. The summed E-state index contributed by atoms with van der Waals surface area (Å²) in [6.07, 6.45) is 3.39. The Labute approximate surface area is 86.8 Å². The third-order valence-electron chi connectivity index (χ3n) is 1.80. The predicted octanol–water partition coefficient (Wildman–Crippen LogP) is 2.50. The van der Waals surface area contributed by atoms with Crippen LogP contribution in [0.2, 0.25) is 5.15 Å². The maximum atomic E-state index is 5.88. The van der Waals surface area contributed by atoms with Crippen molar-refractivity contribution in [3.63, 3.8) is 0 Å². The Morgan fingerprint density at radius 3 is 2.71 bits per heavy atom. The van der Waals surface area contributed by atoms with E-state index in [0.717, 1.165) is 11.3 Å². The van der Waals surface area contributed by atoms with Crippen LogP contribution in [0.15, 0.2) is 30.6 Å². The highest BCUT2D eigenvalue weighted by Gasteiger charge is 2.03. The average molecular weight is 206 g/mol. The molecule has 0 saturated heterocycles. The first kappa shape index (κ1) is 9.09. The average Bonchev–Trinajstić information content (AvgIpc) is 2.23. The second-order valence-corrected chi connectivity index (χ2v) is 3.24. The minimum absolute atomic E-state index is 0.473. The fourth-order valence-electron chi connectivity index (χ4n) is 1.04. The molecule has 2 aromatic heterocycles. The molecule has 0 fully saturated rings. The van der Waals surface area contributed by atoms with Crippen molar-refractivity contribution in [3.8, 4) is 11.5 Å². The Hall–Kier alpha value is -1.48. The van der Waals surface area contributed by atoms with E-state index in [1.54, 1.807) is 12.4 Å². The molecule has 2 heterocycles. The van der Waals surface area contributed by atoms with Crippen molar-refractivity contribution in [2.24, 2.45) is 0 Å². The molecule has 0 bridgehead atoms. The van der Waals surface area contributed by atoms with Gasteiger partial charge in [0.15, 0.2) is 5.82 Å². The largest absolute Gasteiger partial charge is 0.253 e. The van der Waals surface area contributed by atoms with Gasteiger partial charge in [-0.05, 0) is 19.1 Å². The summed E-state index contributed by atoms with van der Waals surface area (Å²) in [6, 6.07) is 5.58. The van der Waals surface area contributed by atoms with Crippen LogP contribution in [-0.4, -0.2) is 15.0 Å². The maximum absolute atomic E-state index is 5.88. The van der Waals surface area contributed by atoms with Gasteiger partial charge < -0.3 is 0 Å². The monoisotopic (exact) mass is 205 g/mol. The highest BCUT2D eigenvalue weighted by Crippen LogP contribution is 2.16. The number of rotatable bonds is 1. The Bertz CT molecular complexity index is 442. The molecule has 70 valence electrons. The van der Waals surface area contributed by atoms with E-state index in [1.165, 1.54) is 0 Å². The van der Waals surface area contributed by atoms with E-state index < -0.39 is 0 Å². The van der Waals surface area contributed by atoms with Crippen LogP contribution in [0.3, 0.4) is 0 Å². The molecule has 0 saturated carbocycles. The van der Waals surface area contributed by atoms with E-state index in [9.17, 15) is 0 Å². The molecule has 4 heteroatoms. The molecule has 0 unspecified atom stereocenters. The van der Waals surface area contributed by atoms with Crippen molar-refractivity contribution in [1.82, 2.24) is 15.0 Å². The van der Waals surface area contributed by atoms with Crippen molar-refractivity contribution in [1.29, 1.82) is 0 Å². The zero-order valence-electron chi connectivity index (χ0n) is 7.61. The summed E-state index contributed by atoms with van der Waals surface area (Å²) in [5, 5.41) is 0.473. The maximum Gasteiger partial charge on any atom is 0.179 e. The number of hydrogen-bond donors (Lipinski definition) is 0. The van der Waals surface area contributed by atoms with Gasteiger partial charge in [0.1, 0.15) is 10.8 Å². The SMILES string of the molecule is Cc1cnc(-c2ccccn2)nc1Cl. The Balaban J connectivity index is 2.48. The topological polar surface area (TPSA) is 38.7 Å². The number of aryl methyl sites for hydroxylation is 1. The lowest BCUT2D eigenvalue weighted by molar-refractivity contribution is 1.11. The van der Waals surface area contributed by atoms with Gasteiger partial charge in [-0.15, -0.1) is 0 Å². The van der Waals surface area contributed by atoms with E-state index in [1.807, 2.05) is 25.1 Å². The van der Waals surface area contributed by atoms with E-state index >= 15 is 0 Å². The number of hydrogen-bond acceptors (Lipinski definition) is 3. The van der Waals surface area contributed by atoms with Crippen molar-refractivity contribution >= 4 is 11.6 Å². The van der Waals surface area contributed by atoms with Crippen LogP contribution in [-0.2, 0) is 0 Å². The first-order chi connectivity index (χ1) is 6.77. The smallest absolute Gasteiger partial charge is 0.179 e. The van der Waals surface area contributed by atoms with E-state index in [0.29, 0.717) is 11.0 Å². The van der Waals surface area contributed by atoms with Crippen LogP contribution < -0.4 is 0 Å². The zero-order valence-corrected chi connectivity index (χ0v) is 8.36. The van der Waals surface area contributed by atoms with Gasteiger partial charge in [0, 0.05) is 18.0 Å². The summed E-state index contributed by atoms with van der Waals surface area (Å²) >= 11 is 5.88. The van der Waals surface area contributed by atoms with Gasteiger partial charge in [-0.2, -0.15) is 0 Å². The molecule has 3 nitrogen and oxygen atoms in total. The molecule has 0 N–H and O–H groups in total. The lowest BCUT2D eigenvalue weighted by atomic mass is 10.3. The highest BCUT2D eigenvalue weighted by molar-refractivity contribution is 6.30. The molecule has 14 heavy (non-hydrogen) atoms. The lowest BCUT2D eigenvalue weighted by Crippen LogP contribution is -1.92. The standard InChI is InChI=1S/C10H8ClN3/c1-7-6-13-10(14-9(7)11)8-4-2-3-5-12-8/h2-6H,1H3. The number of pyridine rings is 1. The van der Waals surface area contributed by atoms with E-state index in [-0.39, 0.29) is 0 Å². The molecule has 0 amide bonds. The fraction of sp³-hybridized carbons (Fsp3) is 0.100. The van der Waals surface area contributed by atoms with Crippen molar-refractivity contribution < 1.29 is 0 Å². The third kappa shape index (κ3) is 1.72. The minimum Gasteiger partial charge on any atom is -0.253 e. The molecule has 0 atom stereocenters. The molecule has 0 aliphatic heterocycles. The third-order valence-corrected chi connectivity index (χ3v) is 2.19. The van der Waals surface area contributed by atoms with Crippen LogP contribution in [0.5, 0.6) is 0 Å². The second kappa shape index (κ2) is 3.72. The van der Waals surface area contributed by atoms with Crippen molar-refractivity contribution in [3.05, 3.63) is 41.3 Å². The van der Waals surface area contributed by atoms with E-state index in [4.69, 9.17) is 11.6 Å². The summed E-state index contributed by atoms with van der Waals surface area (Å²) in [7, 11) is 0. The van der Waals surface area contributed by atoms with Gasteiger partial charge in [-0.25, -0.2) is 9.97 Å². The predicted molar refractivity (Wildman–Crippen MR) is 55.0 cm³/mol. The summed E-state index contributed by atoms with van der Waals surface area (Å²) in [6.45, 7) is 1.87. The Kier molecular flexibility index (Phi) is 2.41. The lowest BCUT2D eigenvalue weighted by Gasteiger charge is -2.00. The van der Waals surface area contributed by atoms with Gasteiger partial charge in [0.2, 0.25) is 0 Å². The molecule has 2 aromatic rings. The molecular formula is C10H8ClN3. The number of nitrogens with zero attached hydrogens (tertiary/aromatic N) is 3. The molecule has 0 aliphatic carbocycles. The summed E-state index contributed by atoms with van der Waals surface area (Å²) < 4.78 is 0. The molecule has 0 aromatic carbocycles. The van der Waals surface area contributed by atoms with Crippen molar-refractivity contribution in [2.75, 3.05) is 0 Å². The molecule has 0 aliphatic rings. The Morgan fingerprint density at radius 2 is 2.07 bits per heavy atom. The van der Waals surface area contributed by atoms with Gasteiger partial charge in [-0.3, -0.25) is 4.98 Å². The highest BCUT2D eigenvalue weighted by atomic mass is 35.5. The normalized spacial score (nSPS) is 10.1. The van der Waals surface area contributed by atoms with Crippen LogP contribution in [0.25, 0.3) is 11.5 Å². The quantitative estimate of drug-likeness (QED) is 0.672. The van der Waals surface area contributed by atoms with Gasteiger partial charge >= 0.3 is 0 Å². The van der Waals surface area contributed by atoms with Crippen LogP contribution >= 0.6 is 11.6 Å². The van der Waals surface area contributed by atoms with Crippen LogP contribution in [0.4, 0.5) is 0 Å². The molecule has 2 rings (SSSR count). The van der Waals surface area contributed by atoms with Crippen molar-refractivity contribution in [2.45, 2.75) is 6.92 Å². The number of aromatic nitrogens is 3. The second-order valence-electron chi connectivity index (χ2n) is 2.88. The molecule has 0 spiro atoms. The first-order valence-corrected chi connectivity index (χ1v) is 4.56. The van der Waals surface area contributed by atoms with Gasteiger partial charge in [0.05, 0.1) is 0 Å². The van der Waals surface area contributed by atoms with Gasteiger partial charge in [-0.1, -0.05) is 17.7 Å². The van der Waals surface area contributed by atoms with Crippen LogP contribution in [0.1, 0.15) is 5.56 Å². The molecular weight excluding hydrogens is 198 g/mol. The Morgan fingerprint density at radius 1 is 1.21 bits per heavy atom. The van der Waals surface area contributed by atoms with E-state index in [2.05, 4.69) is 15.0 Å². The molecule has 0 radical (unpaired) electrons. The summed E-state index contributed by atoms with van der Waals surface area (Å²) in [5.41, 5.74) is 1.60. The minimum atomic E-state index is 0.473. The zero-order chi connectivity index (χ0) is 9.97. The summed E-state index contributed by atoms with van der Waals surface area (Å²) in [5.74, 6) is 0.557. The number of halogens is 1. The van der Waals surface area contributed by atoms with Gasteiger partial charge in [0.25, 0.3) is 0 Å². The fourth-order valence-corrected chi connectivity index (χ4v) is 1.17. The first-order valence-electron chi connectivity index (χ1n) is 4.18. The van der Waals surface area contributed by atoms with Crippen LogP contribution in [0, 0.1) is 6.92 Å².